The van der Waals surface area contributed by atoms with Crippen LogP contribution in [-0.4, -0.2) is 20.9 Å². The highest BCUT2D eigenvalue weighted by molar-refractivity contribution is 5.81. The largest absolute Gasteiger partial charge is 0.480 e. The van der Waals surface area contributed by atoms with Crippen LogP contribution in [0, 0.1) is 5.92 Å². The molecule has 0 aromatic carbocycles. The molecule has 15 heavy (non-hydrogen) atoms. The Bertz CT molecular complexity index is 413. The molecule has 0 saturated heterocycles. The van der Waals surface area contributed by atoms with E-state index in [1.54, 1.807) is 10.9 Å². The van der Waals surface area contributed by atoms with Crippen LogP contribution in [-0.2, 0) is 23.8 Å². The molecule has 1 aromatic heterocycles. The molecular formula is C10H15N3O2. The number of carboxylic acid groups (broad SMARTS) is 1. The summed E-state index contributed by atoms with van der Waals surface area (Å²) in [6.45, 7) is 1.88. The number of fused-ring (bicyclic) bond motifs is 1. The van der Waals surface area contributed by atoms with Crippen molar-refractivity contribution < 1.29 is 9.90 Å². The topological polar surface area (TPSA) is 81.1 Å². The molecule has 0 amide bonds. The van der Waals surface area contributed by atoms with Crippen LogP contribution in [0.3, 0.4) is 0 Å². The summed E-state index contributed by atoms with van der Waals surface area (Å²) in [7, 11) is 1.82. The maximum Gasteiger partial charge on any atom is 0.328 e. The second-order valence-electron chi connectivity index (χ2n) is 4.24. The molecule has 5 nitrogen and oxygen atoms in total. The highest BCUT2D eigenvalue weighted by Gasteiger charge is 2.46. The number of aryl methyl sites for hydroxylation is 1. The van der Waals surface area contributed by atoms with Crippen molar-refractivity contribution in [2.45, 2.75) is 25.3 Å². The van der Waals surface area contributed by atoms with Crippen molar-refractivity contribution in [2.24, 2.45) is 18.7 Å². The van der Waals surface area contributed by atoms with E-state index in [0.29, 0.717) is 5.56 Å². The van der Waals surface area contributed by atoms with Gasteiger partial charge in [0.15, 0.2) is 0 Å². The summed E-state index contributed by atoms with van der Waals surface area (Å²) in [4.78, 5) is 11.3. The van der Waals surface area contributed by atoms with Gasteiger partial charge in [0.2, 0.25) is 0 Å². The number of nitrogens with zero attached hydrogens (tertiary/aromatic N) is 2. The molecule has 2 unspecified atom stereocenters. The molecule has 1 heterocycles. The third-order valence-electron chi connectivity index (χ3n) is 3.45. The van der Waals surface area contributed by atoms with Crippen molar-refractivity contribution in [3.8, 4) is 0 Å². The Morgan fingerprint density at radius 3 is 3.07 bits per heavy atom. The van der Waals surface area contributed by atoms with Crippen molar-refractivity contribution in [1.29, 1.82) is 0 Å². The van der Waals surface area contributed by atoms with E-state index in [0.717, 1.165) is 18.5 Å². The van der Waals surface area contributed by atoms with Gasteiger partial charge in [-0.2, -0.15) is 5.10 Å². The molecule has 1 aromatic rings. The first-order valence-electron chi connectivity index (χ1n) is 5.01. The monoisotopic (exact) mass is 209 g/mol. The number of nitrogens with two attached hydrogens (primary N) is 1. The van der Waals surface area contributed by atoms with E-state index in [1.807, 2.05) is 14.0 Å². The van der Waals surface area contributed by atoms with Crippen LogP contribution in [0.1, 0.15) is 24.6 Å². The van der Waals surface area contributed by atoms with Gasteiger partial charge in [-0.05, 0) is 18.8 Å². The number of rotatable bonds is 1. The first kappa shape index (κ1) is 10.2. The zero-order valence-electron chi connectivity index (χ0n) is 8.90. The van der Waals surface area contributed by atoms with Gasteiger partial charge in [-0.25, -0.2) is 4.79 Å². The molecule has 1 aliphatic rings. The highest BCUT2D eigenvalue weighted by Crippen LogP contribution is 2.37. The fourth-order valence-electron chi connectivity index (χ4n) is 2.28. The van der Waals surface area contributed by atoms with Gasteiger partial charge in [0, 0.05) is 18.3 Å². The van der Waals surface area contributed by atoms with Gasteiger partial charge in [-0.15, -0.1) is 0 Å². The van der Waals surface area contributed by atoms with Gasteiger partial charge in [-0.3, -0.25) is 4.68 Å². The average Bonchev–Trinajstić information content (AvgIpc) is 2.54. The lowest BCUT2D eigenvalue weighted by Crippen LogP contribution is -2.52. The predicted molar refractivity (Wildman–Crippen MR) is 54.2 cm³/mol. The summed E-state index contributed by atoms with van der Waals surface area (Å²) in [5.74, 6) is -1.03. The first-order chi connectivity index (χ1) is 6.98. The normalized spacial score (nSPS) is 29.9. The standard InChI is InChI=1S/C10H15N3O2/c1-6-3-4-8-7(5-12-13(8)2)10(6,11)9(14)15/h5-6H,3-4,11H2,1-2H3,(H,14,15). The molecule has 0 fully saturated rings. The van der Waals surface area contributed by atoms with Crippen molar-refractivity contribution >= 4 is 5.97 Å². The molecule has 82 valence electrons. The molecule has 0 bridgehead atoms. The molecule has 5 heteroatoms. The first-order valence-corrected chi connectivity index (χ1v) is 5.01. The van der Waals surface area contributed by atoms with Gasteiger partial charge >= 0.3 is 5.97 Å². The van der Waals surface area contributed by atoms with Crippen LogP contribution in [0.25, 0.3) is 0 Å². The van der Waals surface area contributed by atoms with Gasteiger partial charge in [0.1, 0.15) is 5.54 Å². The number of hydrogen-bond donors (Lipinski definition) is 2. The summed E-state index contributed by atoms with van der Waals surface area (Å²) in [5, 5.41) is 13.3. The molecule has 3 N–H and O–H groups in total. The van der Waals surface area contributed by atoms with Gasteiger partial charge in [0.25, 0.3) is 0 Å². The Balaban J connectivity index is 2.60. The van der Waals surface area contributed by atoms with Crippen LogP contribution < -0.4 is 5.73 Å². The average molecular weight is 209 g/mol. The smallest absolute Gasteiger partial charge is 0.328 e. The van der Waals surface area contributed by atoms with E-state index in [1.165, 1.54) is 0 Å². The number of aliphatic carboxylic acids is 1. The zero-order valence-corrected chi connectivity index (χ0v) is 8.90. The van der Waals surface area contributed by atoms with Crippen LogP contribution in [0.15, 0.2) is 6.20 Å². The Hall–Kier alpha value is -1.36. The summed E-state index contributed by atoms with van der Waals surface area (Å²) in [6.07, 6.45) is 3.22. The lowest BCUT2D eigenvalue weighted by atomic mass is 9.73. The molecule has 2 rings (SSSR count). The second-order valence-corrected chi connectivity index (χ2v) is 4.24. The van der Waals surface area contributed by atoms with Crippen molar-refractivity contribution in [1.82, 2.24) is 9.78 Å². The summed E-state index contributed by atoms with van der Waals surface area (Å²) < 4.78 is 1.71. The Labute approximate surface area is 87.9 Å². The number of hydrogen-bond acceptors (Lipinski definition) is 3. The number of carbonyl (C=O) groups is 1. The summed E-state index contributed by atoms with van der Waals surface area (Å²) in [6, 6.07) is 0. The van der Waals surface area contributed by atoms with Crippen molar-refractivity contribution in [3.05, 3.63) is 17.5 Å². The van der Waals surface area contributed by atoms with E-state index in [4.69, 9.17) is 5.73 Å². The fourth-order valence-corrected chi connectivity index (χ4v) is 2.28. The molecule has 0 saturated carbocycles. The van der Waals surface area contributed by atoms with E-state index in [9.17, 15) is 9.90 Å². The van der Waals surface area contributed by atoms with E-state index >= 15 is 0 Å². The maximum atomic E-state index is 11.3. The van der Waals surface area contributed by atoms with Gasteiger partial charge in [0.05, 0.1) is 6.20 Å². The van der Waals surface area contributed by atoms with Crippen LogP contribution in [0.2, 0.25) is 0 Å². The Kier molecular flexibility index (Phi) is 2.08. The third-order valence-corrected chi connectivity index (χ3v) is 3.45. The number of carboxylic acids is 1. The lowest BCUT2D eigenvalue weighted by molar-refractivity contribution is -0.146. The van der Waals surface area contributed by atoms with Crippen molar-refractivity contribution in [2.75, 3.05) is 0 Å². The Morgan fingerprint density at radius 1 is 1.80 bits per heavy atom. The summed E-state index contributed by atoms with van der Waals surface area (Å²) >= 11 is 0. The minimum absolute atomic E-state index is 0.0632. The zero-order chi connectivity index (χ0) is 11.2. The van der Waals surface area contributed by atoms with Crippen LogP contribution >= 0.6 is 0 Å². The SMILES string of the molecule is CC1CCc2c(cnn2C)C1(N)C(=O)O. The second kappa shape index (κ2) is 3.06. The van der Waals surface area contributed by atoms with E-state index in [-0.39, 0.29) is 5.92 Å². The predicted octanol–water partition coefficient (Wildman–Crippen LogP) is 0.241. The molecule has 0 aliphatic heterocycles. The molecule has 1 aliphatic carbocycles. The summed E-state index contributed by atoms with van der Waals surface area (Å²) in [5.41, 5.74) is 6.35. The Morgan fingerprint density at radius 2 is 2.47 bits per heavy atom. The minimum Gasteiger partial charge on any atom is -0.480 e. The highest BCUT2D eigenvalue weighted by atomic mass is 16.4. The maximum absolute atomic E-state index is 11.3. The van der Waals surface area contributed by atoms with Crippen LogP contribution in [0.4, 0.5) is 0 Å². The molecular weight excluding hydrogens is 194 g/mol. The van der Waals surface area contributed by atoms with Gasteiger partial charge in [-0.1, -0.05) is 6.92 Å². The number of aromatic nitrogens is 2. The van der Waals surface area contributed by atoms with E-state index < -0.39 is 11.5 Å². The fraction of sp³-hybridized carbons (Fsp3) is 0.600. The quantitative estimate of drug-likeness (QED) is 0.694. The van der Waals surface area contributed by atoms with Gasteiger partial charge < -0.3 is 10.8 Å². The molecule has 2 atom stereocenters. The third kappa shape index (κ3) is 1.19. The van der Waals surface area contributed by atoms with Crippen molar-refractivity contribution in [3.63, 3.8) is 0 Å². The van der Waals surface area contributed by atoms with Crippen LogP contribution in [0.5, 0.6) is 0 Å². The van der Waals surface area contributed by atoms with E-state index in [2.05, 4.69) is 5.10 Å². The lowest BCUT2D eigenvalue weighted by Gasteiger charge is -2.35. The molecule has 0 spiro atoms. The molecule has 0 radical (unpaired) electrons. The minimum atomic E-state index is -1.28.